The molecule has 0 aliphatic carbocycles. The SMILES string of the molecule is C[C@H]1OCCC[C@H]1C(=O)N(Cc1ccccc1)CC(C)(C)O. The summed E-state index contributed by atoms with van der Waals surface area (Å²) in [7, 11) is 0. The maximum atomic E-state index is 12.9. The number of nitrogens with zero attached hydrogens (tertiary/aromatic N) is 1. The normalized spacial score (nSPS) is 22.4. The van der Waals surface area contributed by atoms with Gasteiger partial charge in [-0.25, -0.2) is 0 Å². The summed E-state index contributed by atoms with van der Waals surface area (Å²) in [4.78, 5) is 14.7. The number of hydrogen-bond acceptors (Lipinski definition) is 3. The molecule has 0 saturated carbocycles. The van der Waals surface area contributed by atoms with Crippen LogP contribution in [0, 0.1) is 5.92 Å². The first-order valence-corrected chi connectivity index (χ1v) is 8.03. The molecule has 2 atom stereocenters. The highest BCUT2D eigenvalue weighted by atomic mass is 16.5. The summed E-state index contributed by atoms with van der Waals surface area (Å²) in [6.07, 6.45) is 1.72. The van der Waals surface area contributed by atoms with Crippen molar-refractivity contribution < 1.29 is 14.6 Å². The first-order chi connectivity index (χ1) is 10.4. The summed E-state index contributed by atoms with van der Waals surface area (Å²) in [5.41, 5.74) is 0.160. The van der Waals surface area contributed by atoms with E-state index in [4.69, 9.17) is 4.74 Å². The minimum Gasteiger partial charge on any atom is -0.389 e. The lowest BCUT2D eigenvalue weighted by atomic mass is 9.93. The lowest BCUT2D eigenvalue weighted by molar-refractivity contribution is -0.147. The Balaban J connectivity index is 2.14. The molecular weight excluding hydrogens is 278 g/mol. The van der Waals surface area contributed by atoms with Crippen molar-refractivity contribution in [3.05, 3.63) is 35.9 Å². The van der Waals surface area contributed by atoms with Gasteiger partial charge in [-0.3, -0.25) is 4.79 Å². The fourth-order valence-electron chi connectivity index (χ4n) is 2.96. The van der Waals surface area contributed by atoms with Crippen molar-refractivity contribution >= 4 is 5.91 Å². The van der Waals surface area contributed by atoms with Gasteiger partial charge in [-0.15, -0.1) is 0 Å². The Kier molecular flexibility index (Phi) is 5.59. The molecule has 0 radical (unpaired) electrons. The molecule has 1 aliphatic heterocycles. The molecule has 0 bridgehead atoms. The largest absolute Gasteiger partial charge is 0.389 e. The van der Waals surface area contributed by atoms with Crippen molar-refractivity contribution in [2.45, 2.75) is 51.9 Å². The van der Waals surface area contributed by atoms with Gasteiger partial charge in [-0.05, 0) is 39.2 Å². The first kappa shape index (κ1) is 17.0. The Hall–Kier alpha value is -1.39. The molecule has 4 nitrogen and oxygen atoms in total. The van der Waals surface area contributed by atoms with Crippen molar-refractivity contribution in [3.8, 4) is 0 Å². The predicted octanol–water partition coefficient (Wildman–Crippen LogP) is 2.60. The number of ether oxygens (including phenoxy) is 1. The van der Waals surface area contributed by atoms with Gasteiger partial charge in [0.2, 0.25) is 5.91 Å². The second kappa shape index (κ2) is 7.25. The summed E-state index contributed by atoms with van der Waals surface area (Å²) in [5.74, 6) is -0.0296. The third-order valence-electron chi connectivity index (χ3n) is 4.03. The number of rotatable bonds is 5. The van der Waals surface area contributed by atoms with Crippen LogP contribution in [0.3, 0.4) is 0 Å². The Bertz CT molecular complexity index is 481. The minimum absolute atomic E-state index is 0.0543. The predicted molar refractivity (Wildman–Crippen MR) is 86.3 cm³/mol. The van der Waals surface area contributed by atoms with Gasteiger partial charge in [0.15, 0.2) is 0 Å². The summed E-state index contributed by atoms with van der Waals surface area (Å²) in [6, 6.07) is 9.91. The average Bonchev–Trinajstić information content (AvgIpc) is 2.46. The number of amides is 1. The summed E-state index contributed by atoms with van der Waals surface area (Å²) >= 11 is 0. The molecule has 0 unspecified atom stereocenters. The lowest BCUT2D eigenvalue weighted by Crippen LogP contribution is -2.47. The molecular formula is C18H27NO3. The number of hydrogen-bond donors (Lipinski definition) is 1. The van der Waals surface area contributed by atoms with Crippen LogP contribution in [0.25, 0.3) is 0 Å². The van der Waals surface area contributed by atoms with Crippen LogP contribution in [0.2, 0.25) is 0 Å². The maximum Gasteiger partial charge on any atom is 0.228 e. The summed E-state index contributed by atoms with van der Waals surface area (Å²) in [5, 5.41) is 10.2. The molecule has 22 heavy (non-hydrogen) atoms. The van der Waals surface area contributed by atoms with Crippen LogP contribution in [0.1, 0.15) is 39.2 Å². The van der Waals surface area contributed by atoms with Crippen molar-refractivity contribution in [1.82, 2.24) is 4.90 Å². The summed E-state index contributed by atoms with van der Waals surface area (Å²) < 4.78 is 5.63. The van der Waals surface area contributed by atoms with E-state index in [0.29, 0.717) is 13.1 Å². The van der Waals surface area contributed by atoms with Crippen LogP contribution in [-0.2, 0) is 16.1 Å². The number of carbonyl (C=O) groups excluding carboxylic acids is 1. The second-order valence-corrected chi connectivity index (χ2v) is 6.82. The second-order valence-electron chi connectivity index (χ2n) is 6.82. The van der Waals surface area contributed by atoms with E-state index in [1.807, 2.05) is 37.3 Å². The standard InChI is InChI=1S/C18H27NO3/c1-14-16(10-7-11-22-14)17(20)19(13-18(2,3)21)12-15-8-5-4-6-9-15/h4-6,8-9,14,16,21H,7,10-13H2,1-3H3/t14-,16-/m1/s1. The van der Waals surface area contributed by atoms with E-state index in [1.54, 1.807) is 18.7 Å². The van der Waals surface area contributed by atoms with Crippen LogP contribution >= 0.6 is 0 Å². The zero-order valence-corrected chi connectivity index (χ0v) is 13.8. The molecule has 1 aromatic rings. The zero-order chi connectivity index (χ0) is 16.2. The molecule has 1 heterocycles. The van der Waals surface area contributed by atoms with Crippen LogP contribution in [0.4, 0.5) is 0 Å². The van der Waals surface area contributed by atoms with Gasteiger partial charge in [-0.2, -0.15) is 0 Å². The van der Waals surface area contributed by atoms with E-state index in [1.165, 1.54) is 0 Å². The maximum absolute atomic E-state index is 12.9. The van der Waals surface area contributed by atoms with Gasteiger partial charge < -0.3 is 14.7 Å². The molecule has 0 aromatic heterocycles. The Morgan fingerprint density at radius 3 is 2.64 bits per heavy atom. The number of benzene rings is 1. The molecule has 122 valence electrons. The fourth-order valence-corrected chi connectivity index (χ4v) is 2.96. The third-order valence-corrected chi connectivity index (χ3v) is 4.03. The molecule has 1 N–H and O–H groups in total. The topological polar surface area (TPSA) is 49.8 Å². The Morgan fingerprint density at radius 1 is 1.36 bits per heavy atom. The number of aliphatic hydroxyl groups is 1. The quantitative estimate of drug-likeness (QED) is 0.909. The molecule has 2 rings (SSSR count). The zero-order valence-electron chi connectivity index (χ0n) is 13.8. The Labute approximate surface area is 133 Å². The third kappa shape index (κ3) is 4.82. The van der Waals surface area contributed by atoms with Crippen molar-refractivity contribution in [2.24, 2.45) is 5.92 Å². The summed E-state index contributed by atoms with van der Waals surface area (Å²) in [6.45, 7) is 7.01. The van der Waals surface area contributed by atoms with E-state index in [0.717, 1.165) is 25.0 Å². The highest BCUT2D eigenvalue weighted by Crippen LogP contribution is 2.24. The van der Waals surface area contributed by atoms with Crippen LogP contribution in [0.15, 0.2) is 30.3 Å². The van der Waals surface area contributed by atoms with Crippen LogP contribution in [-0.4, -0.2) is 40.8 Å². The molecule has 1 amide bonds. The van der Waals surface area contributed by atoms with Gasteiger partial charge in [-0.1, -0.05) is 30.3 Å². The molecule has 1 aliphatic rings. The highest BCUT2D eigenvalue weighted by Gasteiger charge is 2.33. The molecule has 1 saturated heterocycles. The van der Waals surface area contributed by atoms with Gasteiger partial charge >= 0.3 is 0 Å². The molecule has 0 spiro atoms. The minimum atomic E-state index is -0.913. The van der Waals surface area contributed by atoms with Gasteiger partial charge in [0, 0.05) is 19.7 Å². The van der Waals surface area contributed by atoms with Gasteiger partial charge in [0.1, 0.15) is 0 Å². The van der Waals surface area contributed by atoms with E-state index < -0.39 is 5.60 Å². The van der Waals surface area contributed by atoms with Crippen molar-refractivity contribution in [3.63, 3.8) is 0 Å². The molecule has 1 fully saturated rings. The van der Waals surface area contributed by atoms with Crippen molar-refractivity contribution in [2.75, 3.05) is 13.2 Å². The van der Waals surface area contributed by atoms with Crippen LogP contribution < -0.4 is 0 Å². The Morgan fingerprint density at radius 2 is 2.05 bits per heavy atom. The van der Waals surface area contributed by atoms with Crippen LogP contribution in [0.5, 0.6) is 0 Å². The van der Waals surface area contributed by atoms with E-state index in [-0.39, 0.29) is 17.9 Å². The van der Waals surface area contributed by atoms with Crippen molar-refractivity contribution in [1.29, 1.82) is 0 Å². The number of carbonyl (C=O) groups is 1. The first-order valence-electron chi connectivity index (χ1n) is 8.03. The van der Waals surface area contributed by atoms with E-state index in [2.05, 4.69) is 0 Å². The monoisotopic (exact) mass is 305 g/mol. The lowest BCUT2D eigenvalue weighted by Gasteiger charge is -2.35. The van der Waals surface area contributed by atoms with Gasteiger partial charge in [0.25, 0.3) is 0 Å². The van der Waals surface area contributed by atoms with Gasteiger partial charge in [0.05, 0.1) is 17.6 Å². The smallest absolute Gasteiger partial charge is 0.228 e. The molecule has 4 heteroatoms. The molecule has 1 aromatic carbocycles. The van der Waals surface area contributed by atoms with E-state index >= 15 is 0 Å². The highest BCUT2D eigenvalue weighted by molar-refractivity contribution is 5.79. The average molecular weight is 305 g/mol. The van der Waals surface area contributed by atoms with E-state index in [9.17, 15) is 9.90 Å². The fraction of sp³-hybridized carbons (Fsp3) is 0.611.